The smallest absolute Gasteiger partial charge is 0.184 e. The number of fused-ring (bicyclic) bond motifs is 8. The highest BCUT2D eigenvalue weighted by Crippen LogP contribution is 2.58. The van der Waals surface area contributed by atoms with Crippen LogP contribution in [0.2, 0.25) is 19.6 Å². The minimum absolute atomic E-state index is 0.271. The number of hydrogen-bond donors (Lipinski definition) is 2. The number of H-pyrrole nitrogens is 2. The summed E-state index contributed by atoms with van der Waals surface area (Å²) >= 11 is 0. The van der Waals surface area contributed by atoms with Gasteiger partial charge in [-0.3, -0.25) is 4.98 Å². The molecule has 7 heteroatoms. The predicted molar refractivity (Wildman–Crippen MR) is 213 cm³/mol. The fourth-order valence-electron chi connectivity index (χ4n) is 9.56. The molecule has 1 aliphatic carbocycles. The first kappa shape index (κ1) is 36.1. The molecule has 3 aliphatic rings. The van der Waals surface area contributed by atoms with Crippen LogP contribution in [0.5, 0.6) is 0 Å². The normalized spacial score (nSPS) is 21.6. The van der Waals surface area contributed by atoms with Crippen LogP contribution in [-0.2, 0) is 40.9 Å². The molecule has 0 spiro atoms. The van der Waals surface area contributed by atoms with E-state index < -0.39 is 19.1 Å². The van der Waals surface area contributed by atoms with Crippen LogP contribution >= 0.6 is 0 Å². The molecule has 3 aromatic heterocycles. The third-order valence-electron chi connectivity index (χ3n) is 11.8. The Bertz CT molecular complexity index is 2100. The lowest BCUT2D eigenvalue weighted by molar-refractivity contribution is 0.0884. The van der Waals surface area contributed by atoms with Crippen LogP contribution in [0.15, 0.2) is 24.3 Å². The Morgan fingerprint density at radius 3 is 1.72 bits per heavy atom. The van der Waals surface area contributed by atoms with Gasteiger partial charge in [0.05, 0.1) is 40.4 Å². The lowest BCUT2D eigenvalue weighted by atomic mass is 9.55. The summed E-state index contributed by atoms with van der Waals surface area (Å²) in [5.41, 5.74) is 15.7. The van der Waals surface area contributed by atoms with Crippen molar-refractivity contribution in [3.63, 3.8) is 0 Å². The monoisotopic (exact) mass is 687 g/mol. The molecule has 0 aromatic carbocycles. The molecule has 2 N–H and O–H groups in total. The van der Waals surface area contributed by atoms with E-state index in [9.17, 15) is 5.26 Å². The zero-order valence-electron chi connectivity index (χ0n) is 32.4. The van der Waals surface area contributed by atoms with Gasteiger partial charge in [-0.15, -0.1) is 0 Å². The summed E-state index contributed by atoms with van der Waals surface area (Å²) in [4.78, 5) is 18.9. The van der Waals surface area contributed by atoms with Crippen molar-refractivity contribution in [2.75, 3.05) is 0 Å². The van der Waals surface area contributed by atoms with Gasteiger partial charge in [0.1, 0.15) is 5.41 Å². The Kier molecular flexibility index (Phi) is 9.69. The third kappa shape index (κ3) is 5.20. The fraction of sp³-hybridized carbons (Fsp3) is 0.512. The zero-order chi connectivity index (χ0) is 36.2. The molecule has 6 rings (SSSR count). The van der Waals surface area contributed by atoms with Gasteiger partial charge >= 0.3 is 0 Å². The molecule has 3 atom stereocenters. The lowest BCUT2D eigenvalue weighted by Crippen LogP contribution is -2.56. The van der Waals surface area contributed by atoms with Crippen LogP contribution in [0, 0.1) is 11.3 Å². The van der Waals surface area contributed by atoms with E-state index in [1.165, 1.54) is 33.4 Å². The molecule has 0 radical (unpaired) electrons. The standard InChI is InChI=1S/C43H57N5OSi/c1-12-26-27(13-2)35-23-36-30(16-5)31(17-6)40(47-36)32-20-21-39(49-50(9,10)11)43(19-8)41(32)48-38(42(43,18-7)25-44)24-37-29(15-4)28(14-3)34(46-37)22-33(26)45-35/h20-24,39,45-46H,12-19H2,1-11H3/t39?,42-,43+/m1/s1. The molecule has 8 bridgehead atoms. The number of allylic oxidation sites excluding steroid dienone is 2. The van der Waals surface area contributed by atoms with Gasteiger partial charge in [0.15, 0.2) is 8.32 Å². The maximum atomic E-state index is 11.5. The first-order valence-corrected chi connectivity index (χ1v) is 22.7. The molecule has 3 aromatic rings. The number of aryl methyl sites for hydroxylation is 4. The number of aromatic amines is 2. The number of nitrogens with one attached hydrogen (secondary N) is 2. The second-order valence-electron chi connectivity index (χ2n) is 15.1. The molecule has 50 heavy (non-hydrogen) atoms. The minimum Gasteiger partial charge on any atom is -0.410 e. The highest BCUT2D eigenvalue weighted by atomic mass is 28.4. The van der Waals surface area contributed by atoms with Crippen molar-refractivity contribution in [1.82, 2.24) is 19.9 Å². The van der Waals surface area contributed by atoms with Gasteiger partial charge in [0.2, 0.25) is 0 Å². The van der Waals surface area contributed by atoms with Crippen molar-refractivity contribution in [2.24, 2.45) is 0 Å². The highest BCUT2D eigenvalue weighted by Gasteiger charge is 2.63. The topological polar surface area (TPSA) is 90.4 Å². The summed E-state index contributed by atoms with van der Waals surface area (Å²) < 4.78 is 7.08. The molecule has 0 saturated carbocycles. The van der Waals surface area contributed by atoms with E-state index in [2.05, 4.69) is 121 Å². The van der Waals surface area contributed by atoms with E-state index in [-0.39, 0.29) is 6.10 Å². The van der Waals surface area contributed by atoms with Gasteiger partial charge < -0.3 is 14.4 Å². The SMILES string of the molecule is CCC1=C(CC)c2nc1cc1[nH]c(cc3[nH]c(cc4nc5c2C=CC(O[Si](C)(C)C)[C@]5(CC)[C@@]4(C#N)CC)c(CC)c3CC)c(CC)c1CC. The van der Waals surface area contributed by atoms with Crippen LogP contribution in [0.25, 0.3) is 39.3 Å². The quantitative estimate of drug-likeness (QED) is 0.208. The highest BCUT2D eigenvalue weighted by molar-refractivity contribution is 6.69. The Morgan fingerprint density at radius 2 is 1.26 bits per heavy atom. The fourth-order valence-corrected chi connectivity index (χ4v) is 10.6. The molecule has 0 amide bonds. The minimum atomic E-state index is -2.03. The van der Waals surface area contributed by atoms with Crippen molar-refractivity contribution < 1.29 is 4.43 Å². The average molecular weight is 688 g/mol. The molecule has 0 fully saturated rings. The van der Waals surface area contributed by atoms with E-state index in [1.54, 1.807) is 0 Å². The average Bonchev–Trinajstić information content (AvgIpc) is 3.81. The van der Waals surface area contributed by atoms with E-state index in [1.807, 2.05) is 0 Å². The first-order chi connectivity index (χ1) is 24.0. The van der Waals surface area contributed by atoms with Crippen molar-refractivity contribution in [1.29, 1.82) is 5.26 Å². The summed E-state index contributed by atoms with van der Waals surface area (Å²) in [5, 5.41) is 11.5. The number of hydrogen-bond acceptors (Lipinski definition) is 4. The largest absolute Gasteiger partial charge is 0.410 e. The molecule has 0 saturated heterocycles. The molecule has 6 nitrogen and oxygen atoms in total. The number of nitriles is 1. The Labute approximate surface area is 300 Å². The molecule has 5 heterocycles. The molecule has 1 unspecified atom stereocenters. The molecular weight excluding hydrogens is 631 g/mol. The Balaban J connectivity index is 1.92. The van der Waals surface area contributed by atoms with Crippen LogP contribution in [0.3, 0.4) is 0 Å². The van der Waals surface area contributed by atoms with Gasteiger partial charge in [0, 0.05) is 27.6 Å². The van der Waals surface area contributed by atoms with Crippen LogP contribution in [0.4, 0.5) is 0 Å². The third-order valence-corrected chi connectivity index (χ3v) is 12.7. The zero-order valence-corrected chi connectivity index (χ0v) is 33.4. The first-order valence-electron chi connectivity index (χ1n) is 19.3. The van der Waals surface area contributed by atoms with E-state index >= 15 is 0 Å². The number of nitrogens with zero attached hydrogens (tertiary/aromatic N) is 3. The van der Waals surface area contributed by atoms with Gasteiger partial charge in [-0.05, 0) is 123 Å². The lowest BCUT2D eigenvalue weighted by Gasteiger charge is -2.48. The molecule has 2 aliphatic heterocycles. The second kappa shape index (κ2) is 13.4. The summed E-state index contributed by atoms with van der Waals surface area (Å²) in [6.45, 7) is 24.6. The maximum Gasteiger partial charge on any atom is 0.184 e. The van der Waals surface area contributed by atoms with Crippen LogP contribution in [0.1, 0.15) is 132 Å². The molecular formula is C43H57N5OSi. The summed E-state index contributed by atoms with van der Waals surface area (Å²) in [5.74, 6) is 0. The molecule has 264 valence electrons. The Hall–Kier alpha value is -3.73. The second-order valence-corrected chi connectivity index (χ2v) is 19.6. The van der Waals surface area contributed by atoms with Crippen molar-refractivity contribution in [2.45, 2.75) is 143 Å². The number of rotatable bonds is 10. The maximum absolute atomic E-state index is 11.5. The van der Waals surface area contributed by atoms with Crippen molar-refractivity contribution in [3.05, 3.63) is 74.9 Å². The van der Waals surface area contributed by atoms with Gasteiger partial charge in [-0.1, -0.05) is 67.5 Å². The van der Waals surface area contributed by atoms with Crippen LogP contribution in [-0.4, -0.2) is 34.4 Å². The predicted octanol–water partition coefficient (Wildman–Crippen LogP) is 11.1. The summed E-state index contributed by atoms with van der Waals surface area (Å²) in [6, 6.07) is 9.77. The van der Waals surface area contributed by atoms with Crippen molar-refractivity contribution in [3.8, 4) is 6.07 Å². The summed E-state index contributed by atoms with van der Waals surface area (Å²) in [6.07, 6.45) is 11.0. The van der Waals surface area contributed by atoms with Crippen molar-refractivity contribution >= 4 is 47.6 Å². The van der Waals surface area contributed by atoms with Crippen LogP contribution < -0.4 is 0 Å². The van der Waals surface area contributed by atoms with Gasteiger partial charge in [-0.2, -0.15) is 5.26 Å². The number of aromatic nitrogens is 4. The summed E-state index contributed by atoms with van der Waals surface area (Å²) in [7, 11) is -2.03. The van der Waals surface area contributed by atoms with E-state index in [4.69, 9.17) is 14.4 Å². The van der Waals surface area contributed by atoms with E-state index in [0.29, 0.717) is 6.42 Å². The van der Waals surface area contributed by atoms with Gasteiger partial charge in [-0.25, -0.2) is 4.98 Å². The van der Waals surface area contributed by atoms with Gasteiger partial charge in [0.25, 0.3) is 0 Å². The Morgan fingerprint density at radius 1 is 0.720 bits per heavy atom. The van der Waals surface area contributed by atoms with E-state index in [0.717, 1.165) is 95.4 Å².